The fourth-order valence-electron chi connectivity index (χ4n) is 2.07. The average Bonchev–Trinajstić information content (AvgIpc) is 2.44. The van der Waals surface area contributed by atoms with Crippen LogP contribution in [-0.2, 0) is 0 Å². The minimum atomic E-state index is -1.23. The third kappa shape index (κ3) is 2.93. The van der Waals surface area contributed by atoms with Crippen molar-refractivity contribution >= 4 is 11.6 Å². The molecule has 0 amide bonds. The van der Waals surface area contributed by atoms with Gasteiger partial charge >= 0.3 is 0 Å². The van der Waals surface area contributed by atoms with E-state index in [1.807, 2.05) is 0 Å². The van der Waals surface area contributed by atoms with Gasteiger partial charge in [-0.05, 0) is 12.1 Å². The predicted molar refractivity (Wildman–Crippen MR) is 73.6 cm³/mol. The van der Waals surface area contributed by atoms with Crippen molar-refractivity contribution in [2.24, 2.45) is 0 Å². The average molecular weight is 317 g/mol. The lowest BCUT2D eigenvalue weighted by Crippen LogP contribution is -2.06. The standard InChI is InChI=1S/C15H12ClF3O2/c1-20-11-4-3-5-12(21-2)14(11)15(16)13-9(18)6-8(17)7-10(13)19/h3-7,15H,1-2H3. The number of ether oxygens (including phenoxy) is 2. The molecule has 2 rings (SSSR count). The molecule has 0 spiro atoms. The van der Waals surface area contributed by atoms with Crippen molar-refractivity contribution in [3.8, 4) is 11.5 Å². The number of hydrogen-bond acceptors (Lipinski definition) is 2. The van der Waals surface area contributed by atoms with Gasteiger partial charge in [-0.15, -0.1) is 11.6 Å². The number of hydrogen-bond donors (Lipinski definition) is 0. The van der Waals surface area contributed by atoms with Crippen molar-refractivity contribution in [2.75, 3.05) is 14.2 Å². The summed E-state index contributed by atoms with van der Waals surface area (Å²) in [6.07, 6.45) is 0. The van der Waals surface area contributed by atoms with Crippen LogP contribution in [0.2, 0.25) is 0 Å². The monoisotopic (exact) mass is 316 g/mol. The zero-order valence-electron chi connectivity index (χ0n) is 11.3. The predicted octanol–water partition coefficient (Wildman–Crippen LogP) is 4.45. The smallest absolute Gasteiger partial charge is 0.134 e. The van der Waals surface area contributed by atoms with E-state index >= 15 is 0 Å². The minimum Gasteiger partial charge on any atom is -0.496 e. The van der Waals surface area contributed by atoms with Gasteiger partial charge in [-0.3, -0.25) is 0 Å². The van der Waals surface area contributed by atoms with Crippen LogP contribution in [-0.4, -0.2) is 14.2 Å². The first-order valence-corrected chi connectivity index (χ1v) is 6.42. The lowest BCUT2D eigenvalue weighted by atomic mass is 10.0. The van der Waals surface area contributed by atoms with Crippen molar-refractivity contribution in [3.05, 3.63) is 58.9 Å². The van der Waals surface area contributed by atoms with Gasteiger partial charge in [0.1, 0.15) is 29.0 Å². The summed E-state index contributed by atoms with van der Waals surface area (Å²) >= 11 is 6.20. The van der Waals surface area contributed by atoms with Crippen LogP contribution < -0.4 is 9.47 Å². The number of rotatable bonds is 4. The fraction of sp³-hybridized carbons (Fsp3) is 0.200. The molecule has 112 valence electrons. The first-order chi connectivity index (χ1) is 9.99. The maximum Gasteiger partial charge on any atom is 0.134 e. The quantitative estimate of drug-likeness (QED) is 0.776. The van der Waals surface area contributed by atoms with E-state index in [1.54, 1.807) is 18.2 Å². The Morgan fingerprint density at radius 1 is 0.905 bits per heavy atom. The molecule has 2 aromatic rings. The van der Waals surface area contributed by atoms with Crippen LogP contribution in [0.5, 0.6) is 11.5 Å². The molecule has 0 saturated carbocycles. The van der Waals surface area contributed by atoms with Crippen molar-refractivity contribution in [1.29, 1.82) is 0 Å². The maximum absolute atomic E-state index is 13.9. The van der Waals surface area contributed by atoms with Gasteiger partial charge in [0.15, 0.2) is 0 Å². The molecule has 1 atom stereocenters. The molecule has 2 nitrogen and oxygen atoms in total. The number of alkyl halides is 1. The van der Waals surface area contributed by atoms with Crippen LogP contribution in [0.1, 0.15) is 16.5 Å². The summed E-state index contributed by atoms with van der Waals surface area (Å²) in [7, 11) is 2.80. The van der Waals surface area contributed by atoms with Crippen molar-refractivity contribution in [1.82, 2.24) is 0 Å². The van der Waals surface area contributed by atoms with Crippen LogP contribution in [0.4, 0.5) is 13.2 Å². The number of benzene rings is 2. The SMILES string of the molecule is COc1cccc(OC)c1C(Cl)c1c(F)cc(F)cc1F. The molecule has 0 aliphatic heterocycles. The molecule has 0 fully saturated rings. The Kier molecular flexibility index (Phi) is 4.63. The summed E-state index contributed by atoms with van der Waals surface area (Å²) in [4.78, 5) is 0. The summed E-state index contributed by atoms with van der Waals surface area (Å²) in [6, 6.07) is 5.99. The molecule has 2 aromatic carbocycles. The van der Waals surface area contributed by atoms with Crippen molar-refractivity contribution < 1.29 is 22.6 Å². The largest absolute Gasteiger partial charge is 0.496 e. The molecule has 0 aliphatic carbocycles. The van der Waals surface area contributed by atoms with Gasteiger partial charge in [-0.1, -0.05) is 6.07 Å². The summed E-state index contributed by atoms with van der Waals surface area (Å²) in [5, 5.41) is -1.23. The molecule has 1 unspecified atom stereocenters. The number of methoxy groups -OCH3 is 2. The lowest BCUT2D eigenvalue weighted by Gasteiger charge is -2.18. The molecule has 0 saturated heterocycles. The normalized spacial score (nSPS) is 12.1. The van der Waals surface area contributed by atoms with Crippen molar-refractivity contribution in [3.63, 3.8) is 0 Å². The van der Waals surface area contributed by atoms with Gasteiger partial charge in [-0.25, -0.2) is 13.2 Å². The second-order valence-electron chi connectivity index (χ2n) is 4.22. The van der Waals surface area contributed by atoms with Gasteiger partial charge in [0.05, 0.1) is 25.2 Å². The Balaban J connectivity index is 2.62. The van der Waals surface area contributed by atoms with Crippen LogP contribution in [0.3, 0.4) is 0 Å². The highest BCUT2D eigenvalue weighted by Crippen LogP contribution is 2.42. The third-order valence-electron chi connectivity index (χ3n) is 3.02. The van der Waals surface area contributed by atoms with Gasteiger partial charge in [-0.2, -0.15) is 0 Å². The Labute approximate surface area is 125 Å². The highest BCUT2D eigenvalue weighted by Gasteiger charge is 2.26. The van der Waals surface area contributed by atoms with E-state index in [9.17, 15) is 13.2 Å². The zero-order chi connectivity index (χ0) is 15.6. The van der Waals surface area contributed by atoms with Crippen LogP contribution in [0, 0.1) is 17.5 Å². The highest BCUT2D eigenvalue weighted by molar-refractivity contribution is 6.23. The highest BCUT2D eigenvalue weighted by atomic mass is 35.5. The van der Waals surface area contributed by atoms with Gasteiger partial charge in [0.2, 0.25) is 0 Å². The van der Waals surface area contributed by atoms with Crippen LogP contribution >= 0.6 is 11.6 Å². The van der Waals surface area contributed by atoms with E-state index < -0.39 is 28.4 Å². The van der Waals surface area contributed by atoms with E-state index in [4.69, 9.17) is 21.1 Å². The van der Waals surface area contributed by atoms with E-state index in [-0.39, 0.29) is 5.56 Å². The van der Waals surface area contributed by atoms with Crippen molar-refractivity contribution in [2.45, 2.75) is 5.38 Å². The van der Waals surface area contributed by atoms with E-state index in [0.29, 0.717) is 23.6 Å². The maximum atomic E-state index is 13.9. The molecule has 0 aliphatic rings. The van der Waals surface area contributed by atoms with Crippen LogP contribution in [0.25, 0.3) is 0 Å². The second-order valence-corrected chi connectivity index (χ2v) is 4.66. The Morgan fingerprint density at radius 3 is 1.81 bits per heavy atom. The third-order valence-corrected chi connectivity index (χ3v) is 3.45. The van der Waals surface area contributed by atoms with Gasteiger partial charge in [0.25, 0.3) is 0 Å². The molecule has 0 heterocycles. The minimum absolute atomic E-state index is 0.272. The molecule has 0 radical (unpaired) electrons. The molecule has 21 heavy (non-hydrogen) atoms. The molecule has 0 aromatic heterocycles. The molecular formula is C15H12ClF3O2. The summed E-state index contributed by atoms with van der Waals surface area (Å²) in [5.41, 5.74) is -0.186. The van der Waals surface area contributed by atoms with Gasteiger partial charge < -0.3 is 9.47 Å². The molecule has 0 N–H and O–H groups in total. The number of halogens is 4. The first-order valence-electron chi connectivity index (χ1n) is 5.99. The van der Waals surface area contributed by atoms with Gasteiger partial charge in [0, 0.05) is 17.7 Å². The van der Waals surface area contributed by atoms with E-state index in [0.717, 1.165) is 0 Å². The Morgan fingerprint density at radius 2 is 1.38 bits per heavy atom. The molecule has 0 bridgehead atoms. The molecule has 6 heteroatoms. The second kappa shape index (κ2) is 6.26. The molecular weight excluding hydrogens is 305 g/mol. The van der Waals surface area contributed by atoms with E-state index in [1.165, 1.54) is 14.2 Å². The Bertz CT molecular complexity index is 616. The lowest BCUT2D eigenvalue weighted by molar-refractivity contribution is 0.385. The van der Waals surface area contributed by atoms with E-state index in [2.05, 4.69) is 0 Å². The first kappa shape index (κ1) is 15.5. The summed E-state index contributed by atoms with van der Waals surface area (Å²) in [6.45, 7) is 0. The summed E-state index contributed by atoms with van der Waals surface area (Å²) < 4.78 is 51.0. The van der Waals surface area contributed by atoms with Crippen LogP contribution in [0.15, 0.2) is 30.3 Å². The topological polar surface area (TPSA) is 18.5 Å². The zero-order valence-corrected chi connectivity index (χ0v) is 12.0. The fourth-order valence-corrected chi connectivity index (χ4v) is 2.49. The summed E-state index contributed by atoms with van der Waals surface area (Å²) in [5.74, 6) is -2.51. The Hall–Kier alpha value is -1.88.